The van der Waals surface area contributed by atoms with Gasteiger partial charge in [-0.1, -0.05) is 34.6 Å². The van der Waals surface area contributed by atoms with Gasteiger partial charge in [0.1, 0.15) is 5.69 Å². The summed E-state index contributed by atoms with van der Waals surface area (Å²) in [7, 11) is 0. The molecule has 0 aliphatic heterocycles. The molecule has 3 atom stereocenters. The second-order valence-electron chi connectivity index (χ2n) is 9.46. The van der Waals surface area contributed by atoms with E-state index in [4.69, 9.17) is 5.73 Å². The molecule has 0 aromatic carbocycles. The van der Waals surface area contributed by atoms with E-state index in [1.165, 1.54) is 6.92 Å². The number of ketones is 3. The molecule has 2 amide bonds. The van der Waals surface area contributed by atoms with Gasteiger partial charge in [0.15, 0.2) is 11.6 Å². The number of aryl methyl sites for hydroxylation is 1. The molecule has 172 valence electrons. The average Bonchev–Trinajstić information content (AvgIpc) is 3.08. The van der Waals surface area contributed by atoms with Crippen molar-refractivity contribution in [2.24, 2.45) is 28.9 Å². The molecule has 0 bridgehead atoms. The maximum atomic E-state index is 13.0. The lowest BCUT2D eigenvalue weighted by molar-refractivity contribution is -0.141. The molecular weight excluding hydrogens is 400 g/mol. The summed E-state index contributed by atoms with van der Waals surface area (Å²) in [6.45, 7) is 12.3. The van der Waals surface area contributed by atoms with E-state index < -0.39 is 40.9 Å². The molecule has 0 radical (unpaired) electrons. The number of nitrogens with zero attached hydrogens (tertiary/aromatic N) is 1. The lowest BCUT2D eigenvalue weighted by Gasteiger charge is -2.30. The molecule has 0 unspecified atom stereocenters. The van der Waals surface area contributed by atoms with Crippen LogP contribution < -0.4 is 11.1 Å². The van der Waals surface area contributed by atoms with E-state index in [9.17, 15) is 24.0 Å². The molecule has 0 spiro atoms. The van der Waals surface area contributed by atoms with E-state index in [2.05, 4.69) is 15.5 Å². The maximum absolute atomic E-state index is 13.0. The van der Waals surface area contributed by atoms with Crippen molar-refractivity contribution in [2.45, 2.75) is 67.3 Å². The third kappa shape index (κ3) is 7.41. The molecule has 0 aliphatic carbocycles. The predicted octanol–water partition coefficient (Wildman–Crippen LogP) is 1.74. The van der Waals surface area contributed by atoms with Gasteiger partial charge in [-0.25, -0.2) is 0 Å². The Labute approximate surface area is 182 Å². The van der Waals surface area contributed by atoms with E-state index in [-0.39, 0.29) is 36.0 Å². The zero-order valence-corrected chi connectivity index (χ0v) is 19.4. The Morgan fingerprint density at radius 3 is 2.10 bits per heavy atom. The number of carbonyl (C=O) groups is 5. The summed E-state index contributed by atoms with van der Waals surface area (Å²) in [4.78, 5) is 61.4. The Morgan fingerprint density at radius 1 is 1.10 bits per heavy atom. The summed E-state index contributed by atoms with van der Waals surface area (Å²) in [5, 5.41) is 9.32. The summed E-state index contributed by atoms with van der Waals surface area (Å²) in [6, 6.07) is 0.732. The summed E-state index contributed by atoms with van der Waals surface area (Å²) >= 11 is 0. The van der Waals surface area contributed by atoms with E-state index in [0.717, 1.165) is 5.69 Å². The Morgan fingerprint density at radius 2 is 1.68 bits per heavy atom. The highest BCUT2D eigenvalue weighted by Gasteiger charge is 2.36. The smallest absolute Gasteiger partial charge is 0.285 e. The molecule has 0 fully saturated rings. The van der Waals surface area contributed by atoms with Gasteiger partial charge in [0.2, 0.25) is 11.7 Å². The number of hydrogen-bond donors (Lipinski definition) is 3. The number of nitrogens with one attached hydrogen (secondary N) is 2. The van der Waals surface area contributed by atoms with Crippen LogP contribution in [-0.4, -0.2) is 45.4 Å². The van der Waals surface area contributed by atoms with Gasteiger partial charge in [0.05, 0.1) is 12.0 Å². The van der Waals surface area contributed by atoms with E-state index >= 15 is 0 Å². The molecule has 31 heavy (non-hydrogen) atoms. The molecule has 1 heterocycles. The van der Waals surface area contributed by atoms with Crippen molar-refractivity contribution in [3.63, 3.8) is 0 Å². The van der Waals surface area contributed by atoms with Crippen LogP contribution >= 0.6 is 0 Å². The summed E-state index contributed by atoms with van der Waals surface area (Å²) in [6.07, 6.45) is -0.262. The molecule has 0 aliphatic rings. The number of aromatic nitrogens is 2. The van der Waals surface area contributed by atoms with Crippen LogP contribution in [0.4, 0.5) is 0 Å². The number of nitrogens with two attached hydrogens (primary N) is 1. The van der Waals surface area contributed by atoms with Gasteiger partial charge < -0.3 is 11.1 Å². The van der Waals surface area contributed by atoms with Crippen molar-refractivity contribution >= 4 is 29.2 Å². The zero-order chi connectivity index (χ0) is 24.1. The number of Topliss-reactive ketones (excluding diaryl/α,β-unsaturated/α-hetero) is 3. The Balaban J connectivity index is 2.89. The number of aromatic amines is 1. The molecule has 0 saturated heterocycles. The summed E-state index contributed by atoms with van der Waals surface area (Å²) in [5.41, 5.74) is 5.53. The fourth-order valence-electron chi connectivity index (χ4n) is 3.24. The minimum Gasteiger partial charge on any atom is -0.363 e. The minimum absolute atomic E-state index is 0.0602. The fraction of sp³-hybridized carbons (Fsp3) is 0.636. The highest BCUT2D eigenvalue weighted by atomic mass is 16.2. The van der Waals surface area contributed by atoms with Crippen LogP contribution in [0.1, 0.15) is 70.6 Å². The molecule has 9 heteroatoms. The zero-order valence-electron chi connectivity index (χ0n) is 19.4. The highest BCUT2D eigenvalue weighted by molar-refractivity contribution is 6.36. The van der Waals surface area contributed by atoms with E-state index in [0.29, 0.717) is 0 Å². The van der Waals surface area contributed by atoms with E-state index in [1.807, 2.05) is 20.8 Å². The molecule has 4 N–H and O–H groups in total. The lowest BCUT2D eigenvalue weighted by Crippen LogP contribution is -2.46. The second-order valence-corrected chi connectivity index (χ2v) is 9.46. The summed E-state index contributed by atoms with van der Waals surface area (Å²) < 4.78 is 0. The summed E-state index contributed by atoms with van der Waals surface area (Å²) in [5.74, 6) is -4.76. The number of hydrogen-bond acceptors (Lipinski definition) is 6. The van der Waals surface area contributed by atoms with Gasteiger partial charge in [0.25, 0.3) is 5.91 Å². The first-order valence-corrected chi connectivity index (χ1v) is 10.4. The van der Waals surface area contributed by atoms with Gasteiger partial charge in [-0.15, -0.1) is 0 Å². The number of primary amides is 1. The molecular formula is C22H34N4O5. The second kappa shape index (κ2) is 10.5. The largest absolute Gasteiger partial charge is 0.363 e. The van der Waals surface area contributed by atoms with Crippen molar-refractivity contribution in [1.82, 2.24) is 15.5 Å². The average molecular weight is 435 g/mol. The third-order valence-corrected chi connectivity index (χ3v) is 5.39. The minimum atomic E-state index is -1.08. The SMILES string of the molecule is Cc1cc(C(=O)C[C@H](C(=O)N[C@@H](C)C(=O)C[C@H](C(=O)C(N)=O)C(C)C)C(C)(C)C)n[nH]1. The molecule has 9 nitrogen and oxygen atoms in total. The highest BCUT2D eigenvalue weighted by Crippen LogP contribution is 2.30. The third-order valence-electron chi connectivity index (χ3n) is 5.39. The fourth-order valence-corrected chi connectivity index (χ4v) is 3.24. The normalized spacial score (nSPS) is 14.6. The Hall–Kier alpha value is -2.84. The monoisotopic (exact) mass is 434 g/mol. The van der Waals surface area contributed by atoms with Crippen molar-refractivity contribution in [3.8, 4) is 0 Å². The first-order chi connectivity index (χ1) is 14.1. The standard InChI is InChI=1S/C22H34N4O5/c1-11(2)14(19(29)20(23)30)9-17(27)13(4)24-21(31)15(22(5,6)7)10-18(28)16-8-12(3)25-26-16/h8,11,13-15H,9-10H2,1-7H3,(H2,23,30)(H,24,31)(H,25,26)/t13-,14-,15+/m0/s1. The topological polar surface area (TPSA) is 152 Å². The van der Waals surface area contributed by atoms with Crippen molar-refractivity contribution < 1.29 is 24.0 Å². The maximum Gasteiger partial charge on any atom is 0.285 e. The first-order valence-electron chi connectivity index (χ1n) is 10.4. The van der Waals surface area contributed by atoms with Gasteiger partial charge >= 0.3 is 0 Å². The van der Waals surface area contributed by atoms with Crippen molar-refractivity contribution in [2.75, 3.05) is 0 Å². The van der Waals surface area contributed by atoms with Crippen LogP contribution in [0.15, 0.2) is 6.07 Å². The van der Waals surface area contributed by atoms with Crippen LogP contribution in [0.5, 0.6) is 0 Å². The van der Waals surface area contributed by atoms with Gasteiger partial charge in [-0.2, -0.15) is 5.10 Å². The Kier molecular flexibility index (Phi) is 8.84. The van der Waals surface area contributed by atoms with Crippen molar-refractivity contribution in [1.29, 1.82) is 0 Å². The molecule has 1 rings (SSSR count). The molecule has 1 aromatic rings. The van der Waals surface area contributed by atoms with Gasteiger partial charge in [-0.3, -0.25) is 29.1 Å². The number of H-pyrrole nitrogens is 1. The predicted molar refractivity (Wildman–Crippen MR) is 115 cm³/mol. The van der Waals surface area contributed by atoms with Crippen LogP contribution in [0.2, 0.25) is 0 Å². The van der Waals surface area contributed by atoms with Crippen LogP contribution in [-0.2, 0) is 19.2 Å². The first kappa shape index (κ1) is 26.2. The molecule has 0 saturated carbocycles. The lowest BCUT2D eigenvalue weighted by atomic mass is 9.76. The quantitative estimate of drug-likeness (QED) is 0.356. The molecule has 1 aromatic heterocycles. The number of rotatable bonds is 11. The number of carbonyl (C=O) groups excluding carboxylic acids is 5. The van der Waals surface area contributed by atoms with Crippen molar-refractivity contribution in [3.05, 3.63) is 17.5 Å². The van der Waals surface area contributed by atoms with Crippen LogP contribution in [0.3, 0.4) is 0 Å². The van der Waals surface area contributed by atoms with Gasteiger partial charge in [0, 0.05) is 24.5 Å². The Bertz CT molecular complexity index is 850. The number of amides is 2. The van der Waals surface area contributed by atoms with Crippen LogP contribution in [0, 0.1) is 30.1 Å². The van der Waals surface area contributed by atoms with Gasteiger partial charge in [-0.05, 0) is 31.2 Å². The van der Waals surface area contributed by atoms with Crippen LogP contribution in [0.25, 0.3) is 0 Å². The van der Waals surface area contributed by atoms with E-state index in [1.54, 1.807) is 26.8 Å².